The van der Waals surface area contributed by atoms with E-state index in [9.17, 15) is 4.39 Å². The third-order valence-electron chi connectivity index (χ3n) is 3.20. The Morgan fingerprint density at radius 3 is 2.68 bits per heavy atom. The first-order valence-electron chi connectivity index (χ1n) is 6.30. The Morgan fingerprint density at radius 2 is 2.00 bits per heavy atom. The maximum Gasteiger partial charge on any atom is 0.123 e. The zero-order valence-electron chi connectivity index (χ0n) is 11.1. The molecule has 0 spiro atoms. The van der Waals surface area contributed by atoms with Crippen molar-refractivity contribution in [3.05, 3.63) is 70.0 Å². The molecule has 0 bridgehead atoms. The topological polar surface area (TPSA) is 12.0 Å². The van der Waals surface area contributed by atoms with Gasteiger partial charge in [0, 0.05) is 17.6 Å². The van der Waals surface area contributed by atoms with Gasteiger partial charge >= 0.3 is 0 Å². The minimum Gasteiger partial charge on any atom is -0.306 e. The number of aryl methyl sites for hydroxylation is 1. The summed E-state index contributed by atoms with van der Waals surface area (Å²) in [4.78, 5) is 0. The molecule has 2 rings (SSSR count). The fraction of sp³-hybridized carbons (Fsp3) is 0.250. The predicted octanol–water partition coefficient (Wildman–Crippen LogP) is 4.64. The summed E-state index contributed by atoms with van der Waals surface area (Å²) in [6.45, 7) is 4.71. The van der Waals surface area contributed by atoms with E-state index in [1.54, 1.807) is 12.1 Å². The van der Waals surface area contributed by atoms with E-state index in [-0.39, 0.29) is 11.9 Å². The van der Waals surface area contributed by atoms with E-state index in [0.29, 0.717) is 6.54 Å². The van der Waals surface area contributed by atoms with Crippen molar-refractivity contribution in [2.24, 2.45) is 0 Å². The van der Waals surface area contributed by atoms with E-state index in [0.717, 1.165) is 21.7 Å². The Balaban J connectivity index is 2.00. The van der Waals surface area contributed by atoms with Gasteiger partial charge in [0.15, 0.2) is 0 Å². The van der Waals surface area contributed by atoms with E-state index in [1.165, 1.54) is 6.07 Å². The molecular formula is C16H17ClFN. The van der Waals surface area contributed by atoms with E-state index in [4.69, 9.17) is 11.6 Å². The fourth-order valence-corrected chi connectivity index (χ4v) is 2.11. The predicted molar refractivity (Wildman–Crippen MR) is 77.8 cm³/mol. The number of hydrogen-bond donors (Lipinski definition) is 1. The summed E-state index contributed by atoms with van der Waals surface area (Å²) in [6.07, 6.45) is 0. The van der Waals surface area contributed by atoms with Crippen LogP contribution in [0.5, 0.6) is 0 Å². The van der Waals surface area contributed by atoms with E-state index >= 15 is 0 Å². The molecule has 0 heterocycles. The van der Waals surface area contributed by atoms with E-state index < -0.39 is 0 Å². The normalized spacial score (nSPS) is 12.4. The average molecular weight is 278 g/mol. The van der Waals surface area contributed by atoms with Gasteiger partial charge in [0.25, 0.3) is 0 Å². The molecule has 0 aliphatic carbocycles. The molecule has 0 radical (unpaired) electrons. The van der Waals surface area contributed by atoms with Gasteiger partial charge in [-0.3, -0.25) is 0 Å². The zero-order chi connectivity index (χ0) is 13.8. The number of nitrogens with one attached hydrogen (secondary N) is 1. The quantitative estimate of drug-likeness (QED) is 0.858. The summed E-state index contributed by atoms with van der Waals surface area (Å²) >= 11 is 6.09. The summed E-state index contributed by atoms with van der Waals surface area (Å²) in [5.41, 5.74) is 3.14. The van der Waals surface area contributed by atoms with Crippen LogP contribution >= 0.6 is 11.6 Å². The number of rotatable bonds is 4. The third-order valence-corrected chi connectivity index (χ3v) is 3.60. The summed E-state index contributed by atoms with van der Waals surface area (Å²) in [6, 6.07) is 12.8. The van der Waals surface area contributed by atoms with Gasteiger partial charge in [-0.2, -0.15) is 0 Å². The molecule has 0 saturated heterocycles. The van der Waals surface area contributed by atoms with Gasteiger partial charge in [-0.1, -0.05) is 35.9 Å². The van der Waals surface area contributed by atoms with E-state index in [1.807, 2.05) is 38.1 Å². The molecule has 0 unspecified atom stereocenters. The number of hydrogen-bond acceptors (Lipinski definition) is 1. The Bertz CT molecular complexity index is 568. The molecule has 0 aromatic heterocycles. The van der Waals surface area contributed by atoms with Gasteiger partial charge in [-0.05, 0) is 48.7 Å². The Hall–Kier alpha value is -1.38. The first-order chi connectivity index (χ1) is 9.06. The second kappa shape index (κ2) is 6.18. The Labute approximate surface area is 118 Å². The third kappa shape index (κ3) is 3.79. The van der Waals surface area contributed by atoms with Gasteiger partial charge in [0.2, 0.25) is 0 Å². The second-order valence-corrected chi connectivity index (χ2v) is 5.15. The molecule has 1 nitrogen and oxygen atoms in total. The van der Waals surface area contributed by atoms with Crippen LogP contribution in [0.2, 0.25) is 5.02 Å². The largest absolute Gasteiger partial charge is 0.306 e. The van der Waals surface area contributed by atoms with Crippen molar-refractivity contribution in [1.29, 1.82) is 0 Å². The minimum absolute atomic E-state index is 0.0933. The van der Waals surface area contributed by atoms with Crippen LogP contribution in [0, 0.1) is 12.7 Å². The molecule has 100 valence electrons. The lowest BCUT2D eigenvalue weighted by Gasteiger charge is -2.14. The fourth-order valence-electron chi connectivity index (χ4n) is 1.91. The molecule has 0 fully saturated rings. The molecule has 0 aliphatic heterocycles. The number of benzene rings is 2. The van der Waals surface area contributed by atoms with Crippen LogP contribution in [0.3, 0.4) is 0 Å². The van der Waals surface area contributed by atoms with Crippen molar-refractivity contribution in [1.82, 2.24) is 5.32 Å². The molecule has 2 aromatic carbocycles. The average Bonchev–Trinajstić information content (AvgIpc) is 2.40. The summed E-state index contributed by atoms with van der Waals surface area (Å²) in [5.74, 6) is -0.204. The highest BCUT2D eigenvalue weighted by atomic mass is 35.5. The van der Waals surface area contributed by atoms with E-state index in [2.05, 4.69) is 5.32 Å². The maximum absolute atomic E-state index is 13.1. The van der Waals surface area contributed by atoms with Gasteiger partial charge in [-0.25, -0.2) is 4.39 Å². The molecule has 0 aliphatic rings. The molecule has 2 aromatic rings. The second-order valence-electron chi connectivity index (χ2n) is 4.74. The molecule has 0 saturated carbocycles. The molecule has 1 N–H and O–H groups in total. The lowest BCUT2D eigenvalue weighted by molar-refractivity contribution is 0.565. The molecule has 3 heteroatoms. The lowest BCUT2D eigenvalue weighted by atomic mass is 10.1. The van der Waals surface area contributed by atoms with Crippen molar-refractivity contribution >= 4 is 11.6 Å². The highest BCUT2D eigenvalue weighted by molar-refractivity contribution is 6.31. The minimum atomic E-state index is -0.204. The van der Waals surface area contributed by atoms with Crippen LogP contribution in [0.15, 0.2) is 42.5 Å². The standard InChI is InChI=1S/C16H17ClFN/c1-11-6-7-13(8-16(11)17)10-19-12(2)14-4-3-5-15(18)9-14/h3-9,12,19H,10H2,1-2H3/t12-/m0/s1. The Kier molecular flexibility index (Phi) is 4.56. The monoisotopic (exact) mass is 277 g/mol. The van der Waals surface area contributed by atoms with Crippen molar-refractivity contribution in [2.45, 2.75) is 26.4 Å². The van der Waals surface area contributed by atoms with Gasteiger partial charge < -0.3 is 5.32 Å². The molecule has 19 heavy (non-hydrogen) atoms. The molecule has 0 amide bonds. The van der Waals surface area contributed by atoms with Crippen molar-refractivity contribution in [3.8, 4) is 0 Å². The first kappa shape index (κ1) is 14.0. The summed E-state index contributed by atoms with van der Waals surface area (Å²) in [5, 5.41) is 4.14. The summed E-state index contributed by atoms with van der Waals surface area (Å²) < 4.78 is 13.1. The van der Waals surface area contributed by atoms with Crippen LogP contribution in [0.1, 0.15) is 29.7 Å². The lowest BCUT2D eigenvalue weighted by Crippen LogP contribution is -2.18. The van der Waals surface area contributed by atoms with Crippen molar-refractivity contribution in [3.63, 3.8) is 0 Å². The zero-order valence-corrected chi connectivity index (χ0v) is 11.8. The highest BCUT2D eigenvalue weighted by Gasteiger charge is 2.06. The van der Waals surface area contributed by atoms with Crippen LogP contribution in [0.25, 0.3) is 0 Å². The summed E-state index contributed by atoms with van der Waals surface area (Å²) in [7, 11) is 0. The van der Waals surface area contributed by atoms with Crippen molar-refractivity contribution in [2.75, 3.05) is 0 Å². The smallest absolute Gasteiger partial charge is 0.123 e. The van der Waals surface area contributed by atoms with Gasteiger partial charge in [0.05, 0.1) is 0 Å². The van der Waals surface area contributed by atoms with Crippen LogP contribution in [-0.4, -0.2) is 0 Å². The van der Waals surface area contributed by atoms with Crippen molar-refractivity contribution < 1.29 is 4.39 Å². The van der Waals surface area contributed by atoms with Gasteiger partial charge in [-0.15, -0.1) is 0 Å². The first-order valence-corrected chi connectivity index (χ1v) is 6.68. The highest BCUT2D eigenvalue weighted by Crippen LogP contribution is 2.18. The molecule has 1 atom stereocenters. The van der Waals surface area contributed by atoms with Gasteiger partial charge in [0.1, 0.15) is 5.82 Å². The van der Waals surface area contributed by atoms with Crippen LogP contribution in [-0.2, 0) is 6.54 Å². The number of halogens is 2. The molecular weight excluding hydrogens is 261 g/mol. The maximum atomic E-state index is 13.1. The van der Waals surface area contributed by atoms with Crippen LogP contribution in [0.4, 0.5) is 4.39 Å². The SMILES string of the molecule is Cc1ccc(CN[C@@H](C)c2cccc(F)c2)cc1Cl. The Morgan fingerprint density at radius 1 is 1.21 bits per heavy atom. The van der Waals surface area contributed by atoms with Crippen LogP contribution < -0.4 is 5.32 Å².